The fourth-order valence-corrected chi connectivity index (χ4v) is 5.25. The molecule has 1 saturated heterocycles. The summed E-state index contributed by atoms with van der Waals surface area (Å²) in [4.78, 5) is 15.3. The van der Waals surface area contributed by atoms with E-state index in [-0.39, 0.29) is 16.8 Å². The number of rotatable bonds is 8. The molecule has 0 spiro atoms. The Bertz CT molecular complexity index is 1040. The highest BCUT2D eigenvalue weighted by atomic mass is 32.2. The number of sulfonamides is 1. The molecule has 7 nitrogen and oxygen atoms in total. The first-order valence-electron chi connectivity index (χ1n) is 11.0. The molecule has 1 heterocycles. The van der Waals surface area contributed by atoms with E-state index in [9.17, 15) is 13.2 Å². The molecule has 0 bridgehead atoms. The van der Waals surface area contributed by atoms with Gasteiger partial charge in [-0.05, 0) is 75.0 Å². The molecule has 2 aromatic carbocycles. The Kier molecular flexibility index (Phi) is 7.92. The summed E-state index contributed by atoms with van der Waals surface area (Å²) in [6, 6.07) is 11.7. The van der Waals surface area contributed by atoms with E-state index in [1.54, 1.807) is 26.0 Å². The van der Waals surface area contributed by atoms with E-state index in [0.717, 1.165) is 25.6 Å². The molecule has 8 heteroatoms. The minimum atomic E-state index is -3.69. The van der Waals surface area contributed by atoms with Gasteiger partial charge in [-0.15, -0.1) is 0 Å². The van der Waals surface area contributed by atoms with Gasteiger partial charge in [-0.1, -0.05) is 19.1 Å². The van der Waals surface area contributed by atoms with Crippen LogP contribution in [0.4, 0.5) is 5.69 Å². The number of ether oxygens (including phenoxy) is 1. The van der Waals surface area contributed by atoms with Crippen LogP contribution in [0.2, 0.25) is 0 Å². The number of hydrogen-bond acceptors (Lipinski definition) is 5. The molecule has 174 valence electrons. The highest BCUT2D eigenvalue weighted by Crippen LogP contribution is 2.28. The maximum atomic E-state index is 12.8. The lowest BCUT2D eigenvalue weighted by Gasteiger charge is -2.30. The minimum Gasteiger partial charge on any atom is -0.495 e. The van der Waals surface area contributed by atoms with Crippen molar-refractivity contribution < 1.29 is 17.9 Å². The van der Waals surface area contributed by atoms with Crippen molar-refractivity contribution in [2.45, 2.75) is 51.1 Å². The van der Waals surface area contributed by atoms with Crippen LogP contribution >= 0.6 is 0 Å². The van der Waals surface area contributed by atoms with Crippen molar-refractivity contribution in [1.82, 2.24) is 9.62 Å². The number of nitrogens with zero attached hydrogens (tertiary/aromatic N) is 1. The second-order valence-corrected chi connectivity index (χ2v) is 10.5. The van der Waals surface area contributed by atoms with Gasteiger partial charge < -0.3 is 10.1 Å². The number of carbonyl (C=O) groups excluding carboxylic acids is 1. The lowest BCUT2D eigenvalue weighted by Crippen LogP contribution is -2.33. The molecule has 0 unspecified atom stereocenters. The van der Waals surface area contributed by atoms with Crippen LogP contribution in [0.15, 0.2) is 47.4 Å². The molecular weight excluding hydrogens is 426 g/mol. The smallest absolute Gasteiger partial charge is 0.255 e. The maximum absolute atomic E-state index is 12.8. The standard InChI is InChI=1S/C24H33N3O4S/c1-17(2)26-32(29,30)21-11-12-23(31-4)22(14-21)25-24(28)20-9-7-19(8-10-20)16-27-13-5-6-18(3)15-27/h7-12,14,17-18,26H,5-6,13,15-16H2,1-4H3,(H,25,28)/t18-/m0/s1. The molecule has 3 rings (SSSR count). The molecule has 2 N–H and O–H groups in total. The monoisotopic (exact) mass is 459 g/mol. The third-order valence-electron chi connectivity index (χ3n) is 5.48. The largest absolute Gasteiger partial charge is 0.495 e. The van der Waals surface area contributed by atoms with E-state index in [1.165, 1.54) is 43.7 Å². The zero-order valence-corrected chi connectivity index (χ0v) is 20.0. The van der Waals surface area contributed by atoms with Gasteiger partial charge in [0.15, 0.2) is 0 Å². The Morgan fingerprint density at radius 3 is 2.53 bits per heavy atom. The molecule has 0 aromatic heterocycles. The van der Waals surface area contributed by atoms with Gasteiger partial charge in [-0.3, -0.25) is 9.69 Å². The van der Waals surface area contributed by atoms with E-state index in [1.807, 2.05) is 12.1 Å². The van der Waals surface area contributed by atoms with Crippen molar-refractivity contribution in [3.63, 3.8) is 0 Å². The first-order chi connectivity index (χ1) is 15.2. The van der Waals surface area contributed by atoms with E-state index in [0.29, 0.717) is 17.0 Å². The number of piperidine rings is 1. The Labute approximate surface area is 191 Å². The Morgan fingerprint density at radius 1 is 1.19 bits per heavy atom. The third-order valence-corrected chi connectivity index (χ3v) is 7.14. The average Bonchev–Trinajstić information content (AvgIpc) is 2.73. The predicted octanol–water partition coefficient (Wildman–Crippen LogP) is 3.87. The van der Waals surface area contributed by atoms with Gasteiger partial charge in [0, 0.05) is 24.7 Å². The number of anilines is 1. The molecule has 1 aliphatic heterocycles. The molecule has 32 heavy (non-hydrogen) atoms. The zero-order valence-electron chi connectivity index (χ0n) is 19.2. The van der Waals surface area contributed by atoms with Gasteiger partial charge in [-0.2, -0.15) is 0 Å². The Hall–Kier alpha value is -2.42. The van der Waals surface area contributed by atoms with E-state index >= 15 is 0 Å². The van der Waals surface area contributed by atoms with Gasteiger partial charge in [0.25, 0.3) is 5.91 Å². The second kappa shape index (κ2) is 10.5. The van der Waals surface area contributed by atoms with Crippen LogP contribution in [-0.4, -0.2) is 45.5 Å². The summed E-state index contributed by atoms with van der Waals surface area (Å²) >= 11 is 0. The molecule has 1 atom stereocenters. The predicted molar refractivity (Wildman–Crippen MR) is 127 cm³/mol. The van der Waals surface area contributed by atoms with Crippen molar-refractivity contribution >= 4 is 21.6 Å². The zero-order chi connectivity index (χ0) is 23.3. The highest BCUT2D eigenvalue weighted by Gasteiger charge is 2.19. The number of benzene rings is 2. The van der Waals surface area contributed by atoms with Gasteiger partial charge in [-0.25, -0.2) is 13.1 Å². The van der Waals surface area contributed by atoms with Crippen molar-refractivity contribution in [3.8, 4) is 5.75 Å². The number of hydrogen-bond donors (Lipinski definition) is 2. The van der Waals surface area contributed by atoms with Gasteiger partial charge in [0.05, 0.1) is 17.7 Å². The lowest BCUT2D eigenvalue weighted by atomic mass is 9.99. The van der Waals surface area contributed by atoms with Gasteiger partial charge in [0.2, 0.25) is 10.0 Å². The summed E-state index contributed by atoms with van der Waals surface area (Å²) in [7, 11) is -2.22. The summed E-state index contributed by atoms with van der Waals surface area (Å²) in [6.07, 6.45) is 2.51. The molecule has 1 amide bonds. The van der Waals surface area contributed by atoms with E-state index in [4.69, 9.17) is 4.74 Å². The van der Waals surface area contributed by atoms with Crippen LogP contribution in [0.25, 0.3) is 0 Å². The van der Waals surface area contributed by atoms with Crippen LogP contribution in [0.3, 0.4) is 0 Å². The summed E-state index contributed by atoms with van der Waals surface area (Å²) in [6.45, 7) is 8.87. The van der Waals surface area contributed by atoms with Crippen LogP contribution in [0.5, 0.6) is 5.75 Å². The van der Waals surface area contributed by atoms with Gasteiger partial charge in [0.1, 0.15) is 5.75 Å². The fraction of sp³-hybridized carbons (Fsp3) is 0.458. The van der Waals surface area contributed by atoms with E-state index < -0.39 is 10.0 Å². The molecular formula is C24H33N3O4S. The fourth-order valence-electron chi connectivity index (χ4n) is 3.97. The summed E-state index contributed by atoms with van der Waals surface area (Å²) in [5.41, 5.74) is 1.97. The van der Waals surface area contributed by atoms with Crippen LogP contribution in [0, 0.1) is 5.92 Å². The normalized spacial score (nSPS) is 17.3. The average molecular weight is 460 g/mol. The maximum Gasteiger partial charge on any atom is 0.255 e. The molecule has 0 saturated carbocycles. The van der Waals surface area contributed by atoms with E-state index in [2.05, 4.69) is 21.9 Å². The summed E-state index contributed by atoms with van der Waals surface area (Å²) < 4.78 is 32.9. The van der Waals surface area contributed by atoms with Crippen molar-refractivity contribution in [2.24, 2.45) is 5.92 Å². The molecule has 1 fully saturated rings. The Morgan fingerprint density at radius 2 is 1.91 bits per heavy atom. The molecule has 0 radical (unpaired) electrons. The topological polar surface area (TPSA) is 87.7 Å². The van der Waals surface area contributed by atoms with Crippen molar-refractivity contribution in [1.29, 1.82) is 0 Å². The Balaban J connectivity index is 1.72. The number of amides is 1. The van der Waals surface area contributed by atoms with Crippen molar-refractivity contribution in [2.75, 3.05) is 25.5 Å². The number of carbonyl (C=O) groups is 1. The first kappa shape index (κ1) is 24.2. The lowest BCUT2D eigenvalue weighted by molar-refractivity contribution is 0.102. The number of likely N-dealkylation sites (tertiary alicyclic amines) is 1. The SMILES string of the molecule is COc1ccc(S(=O)(=O)NC(C)C)cc1NC(=O)c1ccc(CN2CCC[C@H](C)C2)cc1. The van der Waals surface area contributed by atoms with Crippen LogP contribution < -0.4 is 14.8 Å². The molecule has 0 aliphatic carbocycles. The first-order valence-corrected chi connectivity index (χ1v) is 12.5. The minimum absolute atomic E-state index is 0.0633. The second-order valence-electron chi connectivity index (χ2n) is 8.77. The summed E-state index contributed by atoms with van der Waals surface area (Å²) in [5.74, 6) is 0.782. The number of nitrogens with one attached hydrogen (secondary N) is 2. The van der Waals surface area contributed by atoms with Gasteiger partial charge >= 0.3 is 0 Å². The van der Waals surface area contributed by atoms with Crippen molar-refractivity contribution in [3.05, 3.63) is 53.6 Å². The highest BCUT2D eigenvalue weighted by molar-refractivity contribution is 7.89. The third kappa shape index (κ3) is 6.31. The summed E-state index contributed by atoms with van der Waals surface area (Å²) in [5, 5.41) is 2.78. The van der Waals surface area contributed by atoms with Crippen LogP contribution in [0.1, 0.15) is 49.5 Å². The quantitative estimate of drug-likeness (QED) is 0.626. The molecule has 1 aliphatic rings. The number of methoxy groups -OCH3 is 1. The van der Waals surface area contributed by atoms with Crippen LogP contribution in [-0.2, 0) is 16.6 Å². The molecule has 2 aromatic rings.